The van der Waals surface area contributed by atoms with Gasteiger partial charge in [-0.25, -0.2) is 9.97 Å². The molecule has 3 nitrogen and oxygen atoms in total. The standard InChI is InChI=1S/C24H14N2OS2/c27-20-13-16-11-15(23-25-18-5-1-3-7-21(18)28-23)10-9-14(16)12-17(20)24-26-19-6-2-4-8-22(19)29-24/h1-13,27H. The Bertz CT molecular complexity index is 1460. The van der Waals surface area contributed by atoms with E-state index in [1.165, 1.54) is 4.70 Å². The average molecular weight is 411 g/mol. The topological polar surface area (TPSA) is 46.0 Å². The van der Waals surface area contributed by atoms with Gasteiger partial charge in [-0.2, -0.15) is 0 Å². The fourth-order valence-electron chi connectivity index (χ4n) is 3.57. The van der Waals surface area contributed by atoms with Crippen molar-refractivity contribution in [2.24, 2.45) is 0 Å². The first-order valence-electron chi connectivity index (χ1n) is 9.23. The SMILES string of the molecule is Oc1cc2cc(-c3nc4ccccc4s3)ccc2cc1-c1nc2ccccc2s1. The van der Waals surface area contributed by atoms with Gasteiger partial charge in [0.1, 0.15) is 15.8 Å². The summed E-state index contributed by atoms with van der Waals surface area (Å²) in [6, 6.07) is 26.3. The van der Waals surface area contributed by atoms with E-state index in [9.17, 15) is 5.11 Å². The van der Waals surface area contributed by atoms with E-state index in [0.717, 1.165) is 47.6 Å². The number of hydrogen-bond acceptors (Lipinski definition) is 5. The highest BCUT2D eigenvalue weighted by molar-refractivity contribution is 7.22. The van der Waals surface area contributed by atoms with Crippen molar-refractivity contribution in [3.8, 4) is 26.9 Å². The van der Waals surface area contributed by atoms with Crippen LogP contribution in [0.4, 0.5) is 0 Å². The van der Waals surface area contributed by atoms with E-state index >= 15 is 0 Å². The van der Waals surface area contributed by atoms with E-state index in [0.29, 0.717) is 0 Å². The Kier molecular flexibility index (Phi) is 3.66. The molecule has 138 valence electrons. The van der Waals surface area contributed by atoms with Gasteiger partial charge in [0.25, 0.3) is 0 Å². The molecule has 0 saturated heterocycles. The van der Waals surface area contributed by atoms with Gasteiger partial charge in [-0.1, -0.05) is 36.4 Å². The molecule has 5 heteroatoms. The smallest absolute Gasteiger partial charge is 0.128 e. The molecule has 0 bridgehead atoms. The molecule has 2 aromatic heterocycles. The van der Waals surface area contributed by atoms with Crippen molar-refractivity contribution in [1.29, 1.82) is 0 Å². The molecule has 0 aliphatic heterocycles. The summed E-state index contributed by atoms with van der Waals surface area (Å²) in [6.45, 7) is 0. The number of benzene rings is 4. The van der Waals surface area contributed by atoms with Crippen molar-refractivity contribution in [3.05, 3.63) is 78.9 Å². The van der Waals surface area contributed by atoms with Crippen LogP contribution in [0.3, 0.4) is 0 Å². The highest BCUT2D eigenvalue weighted by Gasteiger charge is 2.13. The first-order chi connectivity index (χ1) is 14.2. The minimum Gasteiger partial charge on any atom is -0.507 e. The highest BCUT2D eigenvalue weighted by Crippen LogP contribution is 2.39. The van der Waals surface area contributed by atoms with Gasteiger partial charge in [0.2, 0.25) is 0 Å². The molecular formula is C24H14N2OS2. The van der Waals surface area contributed by atoms with E-state index in [1.807, 2.05) is 48.5 Å². The van der Waals surface area contributed by atoms with Crippen LogP contribution < -0.4 is 0 Å². The molecule has 2 heterocycles. The summed E-state index contributed by atoms with van der Waals surface area (Å²) in [5.74, 6) is 0.248. The number of nitrogens with zero attached hydrogens (tertiary/aromatic N) is 2. The van der Waals surface area contributed by atoms with E-state index in [-0.39, 0.29) is 5.75 Å². The molecule has 0 spiro atoms. The Labute approximate surface area is 174 Å². The second-order valence-electron chi connectivity index (χ2n) is 6.90. The molecule has 0 radical (unpaired) electrons. The largest absolute Gasteiger partial charge is 0.507 e. The first-order valence-corrected chi connectivity index (χ1v) is 10.9. The second kappa shape index (κ2) is 6.37. The molecule has 6 rings (SSSR count). The van der Waals surface area contributed by atoms with Gasteiger partial charge < -0.3 is 5.11 Å². The van der Waals surface area contributed by atoms with Crippen LogP contribution in [0.2, 0.25) is 0 Å². The number of para-hydroxylation sites is 2. The van der Waals surface area contributed by atoms with E-state index in [2.05, 4.69) is 30.3 Å². The number of phenolic OH excluding ortho intramolecular Hbond substituents is 1. The third kappa shape index (κ3) is 2.78. The second-order valence-corrected chi connectivity index (χ2v) is 8.97. The van der Waals surface area contributed by atoms with Crippen LogP contribution in [0.15, 0.2) is 78.9 Å². The maximum Gasteiger partial charge on any atom is 0.128 e. The molecule has 6 aromatic rings. The van der Waals surface area contributed by atoms with Gasteiger partial charge in [0.05, 0.1) is 26.0 Å². The van der Waals surface area contributed by atoms with Crippen molar-refractivity contribution in [2.75, 3.05) is 0 Å². The predicted molar refractivity (Wildman–Crippen MR) is 123 cm³/mol. The van der Waals surface area contributed by atoms with Crippen molar-refractivity contribution in [2.45, 2.75) is 0 Å². The van der Waals surface area contributed by atoms with Gasteiger partial charge in [-0.3, -0.25) is 0 Å². The van der Waals surface area contributed by atoms with Crippen LogP contribution >= 0.6 is 22.7 Å². The number of aromatic nitrogens is 2. The van der Waals surface area contributed by atoms with Crippen LogP contribution in [-0.4, -0.2) is 15.1 Å². The molecule has 0 amide bonds. The summed E-state index contributed by atoms with van der Waals surface area (Å²) < 4.78 is 2.30. The lowest BCUT2D eigenvalue weighted by molar-refractivity contribution is 0.478. The fraction of sp³-hybridized carbons (Fsp3) is 0. The van der Waals surface area contributed by atoms with Crippen molar-refractivity contribution in [3.63, 3.8) is 0 Å². The van der Waals surface area contributed by atoms with Crippen molar-refractivity contribution in [1.82, 2.24) is 9.97 Å². The molecule has 1 N–H and O–H groups in total. The monoisotopic (exact) mass is 410 g/mol. The molecule has 0 atom stereocenters. The normalized spacial score (nSPS) is 11.6. The van der Waals surface area contributed by atoms with Crippen LogP contribution in [0, 0.1) is 0 Å². The first kappa shape index (κ1) is 16.7. The molecule has 0 fully saturated rings. The Morgan fingerprint density at radius 1 is 0.621 bits per heavy atom. The van der Waals surface area contributed by atoms with E-state index in [1.54, 1.807) is 22.7 Å². The van der Waals surface area contributed by atoms with Crippen LogP contribution in [0.5, 0.6) is 5.75 Å². The Morgan fingerprint density at radius 3 is 2.00 bits per heavy atom. The molecule has 0 aliphatic rings. The van der Waals surface area contributed by atoms with Crippen LogP contribution in [0.25, 0.3) is 52.3 Å². The lowest BCUT2D eigenvalue weighted by Crippen LogP contribution is -1.82. The number of aromatic hydroxyl groups is 1. The van der Waals surface area contributed by atoms with E-state index in [4.69, 9.17) is 9.97 Å². The summed E-state index contributed by atoms with van der Waals surface area (Å²) in [7, 11) is 0. The Hall–Kier alpha value is -3.28. The average Bonchev–Trinajstić information content (AvgIpc) is 3.37. The zero-order chi connectivity index (χ0) is 19.4. The molecule has 0 saturated carbocycles. The molecular weight excluding hydrogens is 396 g/mol. The molecule has 0 aliphatic carbocycles. The quantitative estimate of drug-likeness (QED) is 0.331. The molecule has 0 unspecified atom stereocenters. The third-order valence-corrected chi connectivity index (χ3v) is 7.18. The Morgan fingerprint density at radius 2 is 1.28 bits per heavy atom. The maximum atomic E-state index is 10.7. The minimum atomic E-state index is 0.248. The van der Waals surface area contributed by atoms with Crippen molar-refractivity contribution < 1.29 is 5.11 Å². The lowest BCUT2D eigenvalue weighted by atomic mass is 10.0. The van der Waals surface area contributed by atoms with Crippen LogP contribution in [-0.2, 0) is 0 Å². The molecule has 4 aromatic carbocycles. The third-order valence-electron chi connectivity index (χ3n) is 5.02. The summed E-state index contributed by atoms with van der Waals surface area (Å²) in [6.07, 6.45) is 0. The van der Waals surface area contributed by atoms with Gasteiger partial charge in [0.15, 0.2) is 0 Å². The number of rotatable bonds is 2. The number of thiazole rings is 2. The number of fused-ring (bicyclic) bond motifs is 3. The maximum absolute atomic E-state index is 10.7. The van der Waals surface area contributed by atoms with Crippen LogP contribution in [0.1, 0.15) is 0 Å². The summed E-state index contributed by atoms with van der Waals surface area (Å²) in [4.78, 5) is 9.44. The predicted octanol–water partition coefficient (Wildman–Crippen LogP) is 7.10. The zero-order valence-corrected chi connectivity index (χ0v) is 16.8. The summed E-state index contributed by atoms with van der Waals surface area (Å²) >= 11 is 3.28. The van der Waals surface area contributed by atoms with Gasteiger partial charge >= 0.3 is 0 Å². The Balaban J connectivity index is 1.47. The van der Waals surface area contributed by atoms with Crippen molar-refractivity contribution >= 4 is 53.9 Å². The van der Waals surface area contributed by atoms with Gasteiger partial charge in [-0.15, -0.1) is 22.7 Å². The summed E-state index contributed by atoms with van der Waals surface area (Å²) in [5, 5.41) is 14.6. The highest BCUT2D eigenvalue weighted by atomic mass is 32.1. The lowest BCUT2D eigenvalue weighted by Gasteiger charge is -2.06. The minimum absolute atomic E-state index is 0.248. The zero-order valence-electron chi connectivity index (χ0n) is 15.2. The number of hydrogen-bond donors (Lipinski definition) is 1. The summed E-state index contributed by atoms with van der Waals surface area (Å²) in [5.41, 5.74) is 3.80. The molecule has 29 heavy (non-hydrogen) atoms. The van der Waals surface area contributed by atoms with Gasteiger partial charge in [-0.05, 0) is 53.2 Å². The number of phenols is 1. The van der Waals surface area contributed by atoms with Gasteiger partial charge in [0, 0.05) is 5.56 Å². The fourth-order valence-corrected chi connectivity index (χ4v) is 5.53. The van der Waals surface area contributed by atoms with E-state index < -0.39 is 0 Å².